The molecule has 0 atom stereocenters. The van der Waals surface area contributed by atoms with Gasteiger partial charge in [0.1, 0.15) is 11.6 Å². The molecule has 0 radical (unpaired) electrons. The molecule has 1 heterocycles. The van der Waals surface area contributed by atoms with Crippen LogP contribution >= 0.6 is 11.6 Å². The average Bonchev–Trinajstić information content (AvgIpc) is 2.58. The summed E-state index contributed by atoms with van der Waals surface area (Å²) in [7, 11) is 1.58. The molecule has 3 rings (SSSR count). The normalized spacial score (nSPS) is 10.5. The van der Waals surface area contributed by atoms with Gasteiger partial charge in [-0.25, -0.2) is 9.37 Å². The summed E-state index contributed by atoms with van der Waals surface area (Å²) in [4.78, 5) is 18.8. The van der Waals surface area contributed by atoms with E-state index >= 15 is 0 Å². The van der Waals surface area contributed by atoms with Gasteiger partial charge in [0.25, 0.3) is 5.56 Å². The lowest BCUT2D eigenvalue weighted by Crippen LogP contribution is -2.10. The minimum atomic E-state index is -0.560. The number of hydrogen-bond acceptors (Lipinski definition) is 4. The van der Waals surface area contributed by atoms with Gasteiger partial charge < -0.3 is 10.1 Å². The van der Waals surface area contributed by atoms with Crippen LogP contribution in [0.15, 0.2) is 53.3 Å². The average molecular weight is 346 g/mol. The van der Waals surface area contributed by atoms with Gasteiger partial charge in [-0.05, 0) is 42.5 Å². The van der Waals surface area contributed by atoms with E-state index in [1.54, 1.807) is 37.4 Å². The summed E-state index contributed by atoms with van der Waals surface area (Å²) in [6.07, 6.45) is 0. The molecule has 2 N–H and O–H groups in total. The molecule has 0 saturated carbocycles. The fourth-order valence-electron chi connectivity index (χ4n) is 2.14. The molecular weight excluding hydrogens is 333 g/mol. The first kappa shape index (κ1) is 16.0. The predicted molar refractivity (Wildman–Crippen MR) is 91.5 cm³/mol. The van der Waals surface area contributed by atoms with Crippen LogP contribution in [0.1, 0.15) is 0 Å². The molecule has 2 aromatic carbocycles. The van der Waals surface area contributed by atoms with E-state index in [1.165, 1.54) is 18.2 Å². The molecule has 0 unspecified atom stereocenters. The van der Waals surface area contributed by atoms with Crippen molar-refractivity contribution in [1.82, 2.24) is 9.97 Å². The summed E-state index contributed by atoms with van der Waals surface area (Å²) in [5.74, 6) is 0.351. The maximum atomic E-state index is 13.5. The number of nitrogens with zero attached hydrogens (tertiary/aromatic N) is 1. The van der Waals surface area contributed by atoms with Crippen molar-refractivity contribution in [3.05, 3.63) is 69.7 Å². The summed E-state index contributed by atoms with van der Waals surface area (Å²) >= 11 is 5.65. The Kier molecular flexibility index (Phi) is 4.48. The molecule has 122 valence electrons. The quantitative estimate of drug-likeness (QED) is 0.750. The number of anilines is 2. The molecule has 0 bridgehead atoms. The van der Waals surface area contributed by atoms with Gasteiger partial charge in [0.15, 0.2) is 0 Å². The van der Waals surface area contributed by atoms with Crippen molar-refractivity contribution in [1.29, 1.82) is 0 Å². The van der Waals surface area contributed by atoms with Crippen LogP contribution < -0.4 is 15.6 Å². The maximum Gasteiger partial charge on any atom is 0.252 e. The van der Waals surface area contributed by atoms with Gasteiger partial charge in [0, 0.05) is 17.3 Å². The third-order valence-corrected chi connectivity index (χ3v) is 3.62. The summed E-state index contributed by atoms with van der Waals surface area (Å²) in [6.45, 7) is 0. The number of benzene rings is 2. The Bertz CT molecular complexity index is 926. The fourth-order valence-corrected chi connectivity index (χ4v) is 2.25. The van der Waals surface area contributed by atoms with Gasteiger partial charge >= 0.3 is 0 Å². The third-order valence-electron chi connectivity index (χ3n) is 3.31. The van der Waals surface area contributed by atoms with Crippen molar-refractivity contribution in [2.24, 2.45) is 0 Å². The number of aromatic nitrogens is 2. The summed E-state index contributed by atoms with van der Waals surface area (Å²) in [5, 5.41) is 2.88. The van der Waals surface area contributed by atoms with E-state index in [0.29, 0.717) is 17.1 Å². The number of ether oxygens (including phenoxy) is 1. The standard InChI is InChI=1S/C17H13ClFN3O2/c1-24-12-5-2-10(3-6-12)15-9-16(23)22-17(21-15)20-11-4-7-13(18)14(19)8-11/h2-9H,1H3,(H2,20,21,22,23). The first-order valence-corrected chi connectivity index (χ1v) is 7.41. The monoisotopic (exact) mass is 345 g/mol. The Balaban J connectivity index is 1.93. The van der Waals surface area contributed by atoms with Crippen LogP contribution in [0.25, 0.3) is 11.3 Å². The molecule has 1 aromatic heterocycles. The fraction of sp³-hybridized carbons (Fsp3) is 0.0588. The van der Waals surface area contributed by atoms with E-state index in [1.807, 2.05) is 0 Å². The van der Waals surface area contributed by atoms with E-state index in [4.69, 9.17) is 16.3 Å². The lowest BCUT2D eigenvalue weighted by Gasteiger charge is -2.08. The van der Waals surface area contributed by atoms with Crippen molar-refractivity contribution in [2.45, 2.75) is 0 Å². The molecule has 0 aliphatic rings. The summed E-state index contributed by atoms with van der Waals surface area (Å²) in [6, 6.07) is 12.8. The lowest BCUT2D eigenvalue weighted by molar-refractivity contribution is 0.415. The smallest absolute Gasteiger partial charge is 0.252 e. The minimum Gasteiger partial charge on any atom is -0.497 e. The van der Waals surface area contributed by atoms with Crippen LogP contribution in [-0.2, 0) is 0 Å². The van der Waals surface area contributed by atoms with Crippen molar-refractivity contribution in [3.63, 3.8) is 0 Å². The summed E-state index contributed by atoms with van der Waals surface area (Å²) in [5.41, 5.74) is 1.34. The lowest BCUT2D eigenvalue weighted by atomic mass is 10.1. The number of halogens is 2. The highest BCUT2D eigenvalue weighted by atomic mass is 35.5. The zero-order valence-electron chi connectivity index (χ0n) is 12.6. The minimum absolute atomic E-state index is 0.0222. The molecule has 0 spiro atoms. The van der Waals surface area contributed by atoms with E-state index in [2.05, 4.69) is 15.3 Å². The van der Waals surface area contributed by atoms with Crippen molar-refractivity contribution in [3.8, 4) is 17.0 Å². The zero-order valence-corrected chi connectivity index (χ0v) is 13.4. The first-order chi connectivity index (χ1) is 11.5. The highest BCUT2D eigenvalue weighted by Crippen LogP contribution is 2.23. The Labute approximate surface area is 142 Å². The number of aromatic amines is 1. The SMILES string of the molecule is COc1ccc(-c2cc(=O)[nH]c(Nc3ccc(Cl)c(F)c3)n2)cc1. The van der Waals surface area contributed by atoms with Gasteiger partial charge in [-0.15, -0.1) is 0 Å². The van der Waals surface area contributed by atoms with Crippen LogP contribution in [0.4, 0.5) is 16.0 Å². The highest BCUT2D eigenvalue weighted by Gasteiger charge is 2.06. The van der Waals surface area contributed by atoms with Crippen LogP contribution in [0.2, 0.25) is 5.02 Å². The Morgan fingerprint density at radius 3 is 2.58 bits per heavy atom. The largest absolute Gasteiger partial charge is 0.497 e. The van der Waals surface area contributed by atoms with Crippen molar-refractivity contribution in [2.75, 3.05) is 12.4 Å². The number of hydrogen-bond donors (Lipinski definition) is 2. The van der Waals surface area contributed by atoms with E-state index in [-0.39, 0.29) is 16.5 Å². The number of rotatable bonds is 4. The summed E-state index contributed by atoms with van der Waals surface area (Å²) < 4.78 is 18.6. The second-order valence-electron chi connectivity index (χ2n) is 4.96. The van der Waals surface area contributed by atoms with Crippen molar-refractivity contribution >= 4 is 23.2 Å². The van der Waals surface area contributed by atoms with Gasteiger partial charge in [-0.1, -0.05) is 11.6 Å². The van der Waals surface area contributed by atoms with Crippen LogP contribution in [0, 0.1) is 5.82 Å². The van der Waals surface area contributed by atoms with Gasteiger partial charge in [0.2, 0.25) is 5.95 Å². The second kappa shape index (κ2) is 6.72. The second-order valence-corrected chi connectivity index (χ2v) is 5.37. The number of methoxy groups -OCH3 is 1. The molecule has 7 heteroatoms. The molecular formula is C17H13ClFN3O2. The van der Waals surface area contributed by atoms with E-state index in [0.717, 1.165) is 5.56 Å². The maximum absolute atomic E-state index is 13.5. The topological polar surface area (TPSA) is 67.0 Å². The molecule has 0 aliphatic carbocycles. The molecule has 0 fully saturated rings. The van der Waals surface area contributed by atoms with E-state index < -0.39 is 5.82 Å². The highest BCUT2D eigenvalue weighted by molar-refractivity contribution is 6.30. The molecule has 5 nitrogen and oxygen atoms in total. The number of nitrogens with one attached hydrogen (secondary N) is 2. The van der Waals surface area contributed by atoms with Gasteiger partial charge in [-0.3, -0.25) is 9.78 Å². The van der Waals surface area contributed by atoms with Crippen LogP contribution in [0.5, 0.6) is 5.75 Å². The van der Waals surface area contributed by atoms with Crippen LogP contribution in [0.3, 0.4) is 0 Å². The molecule has 24 heavy (non-hydrogen) atoms. The van der Waals surface area contributed by atoms with Crippen molar-refractivity contribution < 1.29 is 9.13 Å². The Morgan fingerprint density at radius 2 is 1.92 bits per heavy atom. The zero-order chi connectivity index (χ0) is 17.1. The van der Waals surface area contributed by atoms with Crippen LogP contribution in [-0.4, -0.2) is 17.1 Å². The number of H-pyrrole nitrogens is 1. The Hall–Kier alpha value is -2.86. The first-order valence-electron chi connectivity index (χ1n) is 7.03. The third kappa shape index (κ3) is 3.55. The van der Waals surface area contributed by atoms with Gasteiger partial charge in [0.05, 0.1) is 17.8 Å². The van der Waals surface area contributed by atoms with Gasteiger partial charge in [-0.2, -0.15) is 0 Å². The van der Waals surface area contributed by atoms with E-state index in [9.17, 15) is 9.18 Å². The Morgan fingerprint density at radius 1 is 1.17 bits per heavy atom. The molecule has 3 aromatic rings. The molecule has 0 aliphatic heterocycles. The molecule has 0 amide bonds. The molecule has 0 saturated heterocycles. The predicted octanol–water partition coefficient (Wildman–Crippen LogP) is 3.98.